The van der Waals surface area contributed by atoms with E-state index in [0.29, 0.717) is 23.1 Å². The van der Waals surface area contributed by atoms with E-state index in [1.54, 1.807) is 10.9 Å². The Bertz CT molecular complexity index is 862. The lowest BCUT2D eigenvalue weighted by molar-refractivity contribution is 0.569. The van der Waals surface area contributed by atoms with Gasteiger partial charge < -0.3 is 5.32 Å². The summed E-state index contributed by atoms with van der Waals surface area (Å²) in [5.74, 6) is 0. The SMILES string of the molecule is CCCCCNCc1nn(Cc2ccc(Cl)c(Cl)c2)nc1-c1ccccc1. The van der Waals surface area contributed by atoms with E-state index in [9.17, 15) is 0 Å². The molecule has 0 saturated carbocycles. The molecule has 0 saturated heterocycles. The maximum absolute atomic E-state index is 6.13. The fourth-order valence-corrected chi connectivity index (χ4v) is 3.22. The van der Waals surface area contributed by atoms with Crippen molar-refractivity contribution in [3.63, 3.8) is 0 Å². The molecule has 1 N–H and O–H groups in total. The Morgan fingerprint density at radius 3 is 2.52 bits per heavy atom. The lowest BCUT2D eigenvalue weighted by atomic mass is 10.1. The zero-order valence-corrected chi connectivity index (χ0v) is 17.0. The summed E-state index contributed by atoms with van der Waals surface area (Å²) in [6, 6.07) is 15.8. The van der Waals surface area contributed by atoms with Crippen LogP contribution in [-0.4, -0.2) is 21.5 Å². The Balaban J connectivity index is 1.79. The summed E-state index contributed by atoms with van der Waals surface area (Å²) in [6.07, 6.45) is 3.63. The number of aromatic nitrogens is 3. The van der Waals surface area contributed by atoms with Gasteiger partial charge in [0.2, 0.25) is 0 Å². The molecule has 0 unspecified atom stereocenters. The van der Waals surface area contributed by atoms with Gasteiger partial charge >= 0.3 is 0 Å². The minimum atomic E-state index is 0.544. The average molecular weight is 403 g/mol. The first-order valence-corrected chi connectivity index (χ1v) is 10.1. The first-order valence-electron chi connectivity index (χ1n) is 9.31. The largest absolute Gasteiger partial charge is 0.311 e. The van der Waals surface area contributed by atoms with E-state index >= 15 is 0 Å². The van der Waals surface area contributed by atoms with Gasteiger partial charge in [-0.1, -0.05) is 79.4 Å². The molecule has 1 aromatic heterocycles. The fraction of sp³-hybridized carbons (Fsp3) is 0.333. The molecule has 0 fully saturated rings. The number of hydrogen-bond acceptors (Lipinski definition) is 3. The molecule has 0 aliphatic heterocycles. The standard InChI is InChI=1S/C21H24Cl2N4/c1-2-3-7-12-24-14-20-21(17-8-5-4-6-9-17)26-27(25-20)15-16-10-11-18(22)19(23)13-16/h4-6,8-11,13,24H,2-3,7,12,14-15H2,1H3. The van der Waals surface area contributed by atoms with Gasteiger partial charge in [-0.15, -0.1) is 0 Å². The van der Waals surface area contributed by atoms with Crippen molar-refractivity contribution >= 4 is 23.2 Å². The van der Waals surface area contributed by atoms with Crippen molar-refractivity contribution in [1.29, 1.82) is 0 Å². The van der Waals surface area contributed by atoms with E-state index < -0.39 is 0 Å². The number of nitrogens with zero attached hydrogens (tertiary/aromatic N) is 3. The number of halogens is 2. The van der Waals surface area contributed by atoms with Crippen molar-refractivity contribution in [3.05, 3.63) is 69.8 Å². The summed E-state index contributed by atoms with van der Waals surface area (Å²) in [7, 11) is 0. The van der Waals surface area contributed by atoms with Crippen LogP contribution in [0.3, 0.4) is 0 Å². The van der Waals surface area contributed by atoms with Crippen LogP contribution in [0.25, 0.3) is 11.3 Å². The third kappa shape index (κ3) is 5.55. The summed E-state index contributed by atoms with van der Waals surface area (Å²) in [4.78, 5) is 1.73. The minimum absolute atomic E-state index is 0.544. The normalized spacial score (nSPS) is 11.1. The Morgan fingerprint density at radius 2 is 1.78 bits per heavy atom. The van der Waals surface area contributed by atoms with Gasteiger partial charge in [-0.25, -0.2) is 0 Å². The molecule has 0 radical (unpaired) electrons. The maximum atomic E-state index is 6.13. The Labute approximate surface area is 170 Å². The lowest BCUT2D eigenvalue weighted by Crippen LogP contribution is -2.16. The van der Waals surface area contributed by atoms with Gasteiger partial charge in [0, 0.05) is 12.1 Å². The molecule has 0 amide bonds. The topological polar surface area (TPSA) is 42.7 Å². The van der Waals surface area contributed by atoms with Crippen molar-refractivity contribution in [1.82, 2.24) is 20.3 Å². The molecule has 3 aromatic rings. The van der Waals surface area contributed by atoms with Crippen LogP contribution in [0.4, 0.5) is 0 Å². The molecule has 4 nitrogen and oxygen atoms in total. The second-order valence-corrected chi connectivity index (χ2v) is 7.34. The predicted molar refractivity (Wildman–Crippen MR) is 112 cm³/mol. The van der Waals surface area contributed by atoms with Gasteiger partial charge in [0.15, 0.2) is 0 Å². The second kappa shape index (κ2) is 9.88. The summed E-state index contributed by atoms with van der Waals surface area (Å²) < 4.78 is 0. The molecule has 0 bridgehead atoms. The summed E-state index contributed by atoms with van der Waals surface area (Å²) in [6.45, 7) is 4.45. The number of benzene rings is 2. The van der Waals surface area contributed by atoms with Crippen LogP contribution < -0.4 is 5.32 Å². The number of nitrogens with one attached hydrogen (secondary N) is 1. The number of hydrogen-bond donors (Lipinski definition) is 1. The third-order valence-electron chi connectivity index (χ3n) is 4.33. The highest BCUT2D eigenvalue weighted by Crippen LogP contribution is 2.24. The first kappa shape index (κ1) is 19.9. The number of rotatable bonds is 9. The summed E-state index contributed by atoms with van der Waals surface area (Å²) >= 11 is 12.1. The summed E-state index contributed by atoms with van der Waals surface area (Å²) in [5, 5.41) is 14.0. The predicted octanol–water partition coefficient (Wildman–Crippen LogP) is 5.58. The van der Waals surface area contributed by atoms with Gasteiger partial charge in [-0.2, -0.15) is 15.0 Å². The van der Waals surface area contributed by atoms with Gasteiger partial charge in [-0.3, -0.25) is 0 Å². The quantitative estimate of drug-likeness (QED) is 0.475. The van der Waals surface area contributed by atoms with Gasteiger partial charge in [-0.05, 0) is 30.7 Å². The van der Waals surface area contributed by atoms with Crippen LogP contribution in [-0.2, 0) is 13.1 Å². The Morgan fingerprint density at radius 1 is 0.963 bits per heavy atom. The number of unbranched alkanes of at least 4 members (excludes halogenated alkanes) is 2. The second-order valence-electron chi connectivity index (χ2n) is 6.52. The third-order valence-corrected chi connectivity index (χ3v) is 5.07. The highest BCUT2D eigenvalue weighted by Gasteiger charge is 2.13. The molecule has 0 atom stereocenters. The molecule has 2 aromatic carbocycles. The van der Waals surface area contributed by atoms with Crippen molar-refractivity contribution in [2.75, 3.05) is 6.54 Å². The fourth-order valence-electron chi connectivity index (χ4n) is 2.90. The summed E-state index contributed by atoms with van der Waals surface area (Å²) in [5.41, 5.74) is 3.96. The van der Waals surface area contributed by atoms with Crippen molar-refractivity contribution in [2.45, 2.75) is 39.3 Å². The molecule has 0 aliphatic rings. The van der Waals surface area contributed by atoms with Gasteiger partial charge in [0.1, 0.15) is 11.4 Å². The van der Waals surface area contributed by atoms with Crippen LogP contribution in [0.5, 0.6) is 0 Å². The van der Waals surface area contributed by atoms with E-state index in [1.165, 1.54) is 19.3 Å². The zero-order valence-electron chi connectivity index (χ0n) is 15.5. The van der Waals surface area contributed by atoms with E-state index in [4.69, 9.17) is 33.4 Å². The van der Waals surface area contributed by atoms with Crippen LogP contribution in [0, 0.1) is 0 Å². The molecular weight excluding hydrogens is 379 g/mol. The molecule has 3 rings (SSSR count). The highest BCUT2D eigenvalue weighted by atomic mass is 35.5. The Kier molecular flexibility index (Phi) is 7.27. The monoisotopic (exact) mass is 402 g/mol. The molecule has 142 valence electrons. The van der Waals surface area contributed by atoms with E-state index in [-0.39, 0.29) is 0 Å². The van der Waals surface area contributed by atoms with Crippen LogP contribution in [0.1, 0.15) is 37.4 Å². The zero-order chi connectivity index (χ0) is 19.1. The van der Waals surface area contributed by atoms with E-state index in [2.05, 4.69) is 24.4 Å². The van der Waals surface area contributed by atoms with Gasteiger partial charge in [0.25, 0.3) is 0 Å². The van der Waals surface area contributed by atoms with Gasteiger partial charge in [0.05, 0.1) is 16.6 Å². The average Bonchev–Trinajstić information content (AvgIpc) is 3.08. The smallest absolute Gasteiger partial charge is 0.117 e. The molecule has 6 heteroatoms. The van der Waals surface area contributed by atoms with E-state index in [1.807, 2.05) is 30.3 Å². The highest BCUT2D eigenvalue weighted by molar-refractivity contribution is 6.42. The van der Waals surface area contributed by atoms with Crippen molar-refractivity contribution < 1.29 is 0 Å². The molecule has 27 heavy (non-hydrogen) atoms. The van der Waals surface area contributed by atoms with Crippen molar-refractivity contribution in [3.8, 4) is 11.3 Å². The molecular formula is C21H24Cl2N4. The molecule has 0 spiro atoms. The lowest BCUT2D eigenvalue weighted by Gasteiger charge is -2.03. The maximum Gasteiger partial charge on any atom is 0.117 e. The van der Waals surface area contributed by atoms with Crippen LogP contribution >= 0.6 is 23.2 Å². The first-order chi connectivity index (χ1) is 13.2. The van der Waals surface area contributed by atoms with Crippen LogP contribution in [0.2, 0.25) is 10.0 Å². The van der Waals surface area contributed by atoms with E-state index in [0.717, 1.165) is 29.1 Å². The minimum Gasteiger partial charge on any atom is -0.311 e. The van der Waals surface area contributed by atoms with Crippen molar-refractivity contribution in [2.24, 2.45) is 0 Å². The van der Waals surface area contributed by atoms with Crippen LogP contribution in [0.15, 0.2) is 48.5 Å². The Hall–Kier alpha value is -1.88. The molecule has 0 aliphatic carbocycles. The molecule has 1 heterocycles.